The van der Waals surface area contributed by atoms with Gasteiger partial charge in [0.15, 0.2) is 6.29 Å². The van der Waals surface area contributed by atoms with Gasteiger partial charge in [0.25, 0.3) is 0 Å². The second kappa shape index (κ2) is 12.3. The Bertz CT molecular complexity index is 1220. The highest BCUT2D eigenvalue weighted by Crippen LogP contribution is 2.73. The van der Waals surface area contributed by atoms with Gasteiger partial charge in [-0.1, -0.05) is 66.5 Å². The first-order chi connectivity index (χ1) is 21.6. The molecule has 13 atom stereocenters. The van der Waals surface area contributed by atoms with Crippen molar-refractivity contribution in [3.8, 4) is 0 Å². The van der Waals surface area contributed by atoms with Crippen molar-refractivity contribution in [1.82, 2.24) is 0 Å². The van der Waals surface area contributed by atoms with E-state index in [1.807, 2.05) is 6.92 Å². The topological polar surface area (TPSA) is 157 Å². The van der Waals surface area contributed by atoms with Gasteiger partial charge in [-0.25, -0.2) is 0 Å². The van der Waals surface area contributed by atoms with Gasteiger partial charge in [0, 0.05) is 0 Å². The third kappa shape index (κ3) is 5.57. The fraction of sp³-hybridized carbons (Fsp3) is 0.921. The van der Waals surface area contributed by atoms with E-state index in [0.717, 1.165) is 44.9 Å². The summed E-state index contributed by atoms with van der Waals surface area (Å²) in [6.07, 6.45) is 1.07. The third-order valence-electron chi connectivity index (χ3n) is 15.1. The fourth-order valence-corrected chi connectivity index (χ4v) is 11.4. The number of carbonyl (C=O) groups is 1. The molecule has 0 aromatic carbocycles. The number of allylic oxidation sites excluding steroid dienone is 1. The summed E-state index contributed by atoms with van der Waals surface area (Å²) in [7, 11) is 0. The van der Waals surface area contributed by atoms with Gasteiger partial charge in [-0.2, -0.15) is 0 Å². The average Bonchev–Trinajstić information content (AvgIpc) is 3.31. The molecular formula is C38H64O9. The summed E-state index contributed by atoms with van der Waals surface area (Å²) in [5.74, 6) is 0.110. The summed E-state index contributed by atoms with van der Waals surface area (Å²) in [6.45, 7) is 18.9. The number of fused-ring (bicyclic) bond motifs is 4. The number of carboxylic acids is 1. The van der Waals surface area contributed by atoms with E-state index in [-0.39, 0.29) is 39.6 Å². The molecule has 0 aromatic heterocycles. The van der Waals surface area contributed by atoms with Crippen LogP contribution in [0.15, 0.2) is 11.1 Å². The lowest BCUT2D eigenvalue weighted by Crippen LogP contribution is -2.62. The first kappa shape index (κ1) is 37.2. The van der Waals surface area contributed by atoms with E-state index in [9.17, 15) is 35.4 Å². The Morgan fingerprint density at radius 3 is 2.19 bits per heavy atom. The Labute approximate surface area is 282 Å². The second-order valence-electron chi connectivity index (χ2n) is 18.5. The molecule has 4 aliphatic carbocycles. The number of aliphatic carboxylic acids is 1. The number of hydrogen-bond acceptors (Lipinski definition) is 8. The number of ether oxygens (including phenoxy) is 2. The van der Waals surface area contributed by atoms with Crippen molar-refractivity contribution in [3.63, 3.8) is 0 Å². The maximum atomic E-state index is 13.6. The summed E-state index contributed by atoms with van der Waals surface area (Å²) in [4.78, 5) is 13.6. The van der Waals surface area contributed by atoms with Gasteiger partial charge in [-0.05, 0) is 111 Å². The number of aliphatic hydroxyl groups is 5. The van der Waals surface area contributed by atoms with Crippen LogP contribution in [0.4, 0.5) is 0 Å². The molecular weight excluding hydrogens is 600 g/mol. The minimum Gasteiger partial charge on any atom is -0.481 e. The molecule has 1 saturated heterocycles. The third-order valence-corrected chi connectivity index (χ3v) is 15.1. The van der Waals surface area contributed by atoms with Gasteiger partial charge in [0.05, 0.1) is 23.7 Å². The second-order valence-corrected chi connectivity index (χ2v) is 18.5. The Hall–Kier alpha value is -1.07. The van der Waals surface area contributed by atoms with E-state index in [0.29, 0.717) is 25.2 Å². The van der Waals surface area contributed by atoms with Crippen molar-refractivity contribution in [1.29, 1.82) is 0 Å². The molecule has 47 heavy (non-hydrogen) atoms. The van der Waals surface area contributed by atoms with Crippen LogP contribution in [0.5, 0.6) is 0 Å². The fourth-order valence-electron chi connectivity index (χ4n) is 11.4. The molecule has 3 fully saturated rings. The standard InChI is InChI=1S/C38H64O9/c1-21(12-18-37(9,45)33(2,3)4)22-14-19-38(32(43)44)24-10-11-26-34(5,6)27(15-16-35(26,7)23(24)13-17-36(22,38)8)47-31-30(42)29(41)28(40)25(20-39)46-31/h21-22,25-31,39-42,45H,10-20H2,1-9H3,(H,43,44)/t21-,22-,25-,26+,27+,28+,29+,30-,31+,35-,36-,37+,38+/m1/s1. The van der Waals surface area contributed by atoms with Crippen LogP contribution in [-0.2, 0) is 14.3 Å². The van der Waals surface area contributed by atoms with Crippen LogP contribution in [0.25, 0.3) is 0 Å². The van der Waals surface area contributed by atoms with Crippen LogP contribution in [0, 0.1) is 44.8 Å². The highest BCUT2D eigenvalue weighted by molar-refractivity contribution is 5.82. The van der Waals surface area contributed by atoms with Crippen LogP contribution in [-0.4, -0.2) is 85.6 Å². The van der Waals surface area contributed by atoms with Crippen molar-refractivity contribution in [3.05, 3.63) is 11.1 Å². The highest BCUT2D eigenvalue weighted by atomic mass is 16.7. The quantitative estimate of drug-likeness (QED) is 0.192. The van der Waals surface area contributed by atoms with Crippen LogP contribution < -0.4 is 0 Å². The molecule has 0 bridgehead atoms. The Kier molecular flexibility index (Phi) is 9.74. The summed E-state index contributed by atoms with van der Waals surface area (Å²) in [6, 6.07) is 0. The predicted molar refractivity (Wildman–Crippen MR) is 178 cm³/mol. The van der Waals surface area contributed by atoms with Gasteiger partial charge in [0.2, 0.25) is 0 Å². The Morgan fingerprint density at radius 1 is 0.936 bits per heavy atom. The molecule has 1 heterocycles. The minimum atomic E-state index is -1.49. The molecule has 2 saturated carbocycles. The SMILES string of the molecule is C[C@H](CC[C@](C)(O)C(C)(C)C)[C@H]1CC[C@@]2(C(=O)O)C3=C(CC[C@]12C)[C@@]1(C)CC[C@H](O[C@@H]2O[C@H](CO)[C@H](O)[C@H](O)[C@H]2O)C(C)(C)[C@@H]1CC3. The summed E-state index contributed by atoms with van der Waals surface area (Å²) < 4.78 is 12.1. The lowest BCUT2D eigenvalue weighted by atomic mass is 9.43. The molecule has 270 valence electrons. The average molecular weight is 665 g/mol. The largest absolute Gasteiger partial charge is 0.481 e. The molecule has 1 aliphatic heterocycles. The molecule has 5 aliphatic rings. The Balaban J connectivity index is 1.41. The first-order valence-electron chi connectivity index (χ1n) is 18.2. The lowest BCUT2D eigenvalue weighted by Gasteiger charge is -2.62. The van der Waals surface area contributed by atoms with Gasteiger partial charge in [-0.15, -0.1) is 0 Å². The van der Waals surface area contributed by atoms with Gasteiger partial charge >= 0.3 is 5.97 Å². The zero-order valence-electron chi connectivity index (χ0n) is 30.4. The number of rotatable bonds is 8. The maximum absolute atomic E-state index is 13.6. The highest BCUT2D eigenvalue weighted by Gasteiger charge is 2.68. The Morgan fingerprint density at radius 2 is 1.60 bits per heavy atom. The number of hydrogen-bond donors (Lipinski definition) is 6. The van der Waals surface area contributed by atoms with E-state index in [1.165, 1.54) is 11.1 Å². The normalized spacial score (nSPS) is 45.4. The molecule has 5 rings (SSSR count). The smallest absolute Gasteiger partial charge is 0.314 e. The van der Waals surface area contributed by atoms with Crippen molar-refractivity contribution < 1.29 is 44.9 Å². The summed E-state index contributed by atoms with van der Waals surface area (Å²) in [5.41, 5.74) is -0.278. The molecule has 9 nitrogen and oxygen atoms in total. The molecule has 9 heteroatoms. The van der Waals surface area contributed by atoms with Gasteiger partial charge in [0.1, 0.15) is 24.4 Å². The number of carboxylic acid groups (broad SMARTS) is 1. The molecule has 0 amide bonds. The van der Waals surface area contributed by atoms with Crippen molar-refractivity contribution in [2.45, 2.75) is 169 Å². The van der Waals surface area contributed by atoms with Crippen molar-refractivity contribution in [2.24, 2.45) is 44.8 Å². The van der Waals surface area contributed by atoms with E-state index in [2.05, 4.69) is 55.4 Å². The van der Waals surface area contributed by atoms with Crippen LogP contribution in [0.3, 0.4) is 0 Å². The molecule has 6 N–H and O–H groups in total. The van der Waals surface area contributed by atoms with Crippen molar-refractivity contribution >= 4 is 5.97 Å². The predicted octanol–water partition coefficient (Wildman–Crippen LogP) is 5.20. The first-order valence-corrected chi connectivity index (χ1v) is 18.2. The van der Waals surface area contributed by atoms with Gasteiger partial charge in [-0.3, -0.25) is 4.79 Å². The number of aliphatic hydroxyl groups excluding tert-OH is 4. The van der Waals surface area contributed by atoms with E-state index in [1.54, 1.807) is 0 Å². The summed E-state index contributed by atoms with van der Waals surface area (Å²) in [5, 5.41) is 63.4. The monoisotopic (exact) mass is 664 g/mol. The summed E-state index contributed by atoms with van der Waals surface area (Å²) >= 11 is 0. The van der Waals surface area contributed by atoms with Gasteiger partial charge < -0.3 is 40.1 Å². The molecule has 0 aromatic rings. The molecule has 0 unspecified atom stereocenters. The van der Waals surface area contributed by atoms with E-state index >= 15 is 0 Å². The van der Waals surface area contributed by atoms with Crippen LogP contribution >= 0.6 is 0 Å². The zero-order valence-corrected chi connectivity index (χ0v) is 30.4. The lowest BCUT2D eigenvalue weighted by molar-refractivity contribution is -0.325. The van der Waals surface area contributed by atoms with Crippen LogP contribution in [0.2, 0.25) is 0 Å². The van der Waals surface area contributed by atoms with E-state index in [4.69, 9.17) is 9.47 Å². The molecule has 0 spiro atoms. The zero-order chi connectivity index (χ0) is 35.1. The van der Waals surface area contributed by atoms with E-state index < -0.39 is 54.3 Å². The van der Waals surface area contributed by atoms with Crippen molar-refractivity contribution in [2.75, 3.05) is 6.61 Å². The molecule has 0 radical (unpaired) electrons. The maximum Gasteiger partial charge on any atom is 0.314 e. The van der Waals surface area contributed by atoms with Crippen LogP contribution in [0.1, 0.15) is 127 Å². The minimum absolute atomic E-state index is 0.189.